The van der Waals surface area contributed by atoms with E-state index >= 15 is 0 Å². The summed E-state index contributed by atoms with van der Waals surface area (Å²) >= 11 is 1.14. The molecule has 0 unspecified atom stereocenters. The van der Waals surface area contributed by atoms with Gasteiger partial charge >= 0.3 is 5.97 Å². The monoisotopic (exact) mass is 322 g/mol. The number of anilines is 1. The molecule has 118 valence electrons. The molecule has 1 aliphatic heterocycles. The molecular weight excluding hydrogens is 304 g/mol. The van der Waals surface area contributed by atoms with Crippen LogP contribution in [-0.4, -0.2) is 38.9 Å². The minimum Gasteiger partial charge on any atom is -0.480 e. The fraction of sp³-hybridized carbons (Fsp3) is 0.400. The number of carbonyl (C=O) groups excluding carboxylic acids is 2. The maximum absolute atomic E-state index is 12.5. The van der Waals surface area contributed by atoms with Crippen molar-refractivity contribution in [2.45, 2.75) is 36.3 Å². The summed E-state index contributed by atoms with van der Waals surface area (Å²) in [5.41, 5.74) is 6.20. The summed E-state index contributed by atoms with van der Waals surface area (Å²) in [6.07, 6.45) is 0.0498. The fourth-order valence-electron chi connectivity index (χ4n) is 2.28. The number of hydrogen-bond donors (Lipinski definition) is 2. The molecule has 1 fully saturated rings. The number of aliphatic carboxylic acids is 1. The van der Waals surface area contributed by atoms with Gasteiger partial charge in [0.25, 0.3) is 0 Å². The van der Waals surface area contributed by atoms with Crippen LogP contribution < -0.4 is 10.6 Å². The lowest BCUT2D eigenvalue weighted by Gasteiger charge is -2.30. The third-order valence-corrected chi connectivity index (χ3v) is 5.09. The molecule has 0 spiro atoms. The number of carbonyl (C=O) groups is 3. The van der Waals surface area contributed by atoms with Gasteiger partial charge in [0, 0.05) is 11.2 Å². The van der Waals surface area contributed by atoms with Crippen LogP contribution in [0.25, 0.3) is 0 Å². The van der Waals surface area contributed by atoms with E-state index in [1.807, 2.05) is 0 Å². The largest absolute Gasteiger partial charge is 0.480 e. The molecular formula is C15H18N2O4S. The van der Waals surface area contributed by atoms with E-state index in [0.29, 0.717) is 5.69 Å². The number of benzene rings is 1. The van der Waals surface area contributed by atoms with Gasteiger partial charge in [-0.25, -0.2) is 4.90 Å². The Kier molecular flexibility index (Phi) is 4.58. The molecule has 2 amide bonds. The van der Waals surface area contributed by atoms with Crippen molar-refractivity contribution in [1.82, 2.24) is 0 Å². The zero-order chi connectivity index (χ0) is 16.5. The van der Waals surface area contributed by atoms with Crippen molar-refractivity contribution in [3.05, 3.63) is 30.3 Å². The number of carboxylic acids is 1. The number of nitrogens with two attached hydrogens (primary N) is 1. The van der Waals surface area contributed by atoms with Gasteiger partial charge in [0.1, 0.15) is 6.04 Å². The zero-order valence-electron chi connectivity index (χ0n) is 12.4. The molecule has 0 aliphatic carbocycles. The average Bonchev–Trinajstić information content (AvgIpc) is 2.72. The van der Waals surface area contributed by atoms with E-state index < -0.39 is 22.0 Å². The summed E-state index contributed by atoms with van der Waals surface area (Å²) in [4.78, 5) is 36.8. The van der Waals surface area contributed by atoms with Gasteiger partial charge in [0.05, 0.1) is 10.9 Å². The predicted molar refractivity (Wildman–Crippen MR) is 84.6 cm³/mol. The highest BCUT2D eigenvalue weighted by Gasteiger charge is 2.45. The maximum atomic E-state index is 12.5. The minimum absolute atomic E-state index is 0.0498. The van der Waals surface area contributed by atoms with Gasteiger partial charge in [0.2, 0.25) is 11.8 Å². The fourth-order valence-corrected chi connectivity index (χ4v) is 3.69. The molecule has 1 aromatic rings. The van der Waals surface area contributed by atoms with Gasteiger partial charge in [-0.3, -0.25) is 14.4 Å². The van der Waals surface area contributed by atoms with Crippen molar-refractivity contribution in [3.63, 3.8) is 0 Å². The molecule has 3 N–H and O–H groups in total. The van der Waals surface area contributed by atoms with E-state index in [9.17, 15) is 14.4 Å². The molecule has 0 aromatic heterocycles. The van der Waals surface area contributed by atoms with Crippen LogP contribution in [0.2, 0.25) is 0 Å². The SMILES string of the molecule is CC(C)(S[C@@H]1CC(=O)N(c2ccccc2)C1=O)[C@H](N)C(=O)O. The smallest absolute Gasteiger partial charge is 0.321 e. The number of thioether (sulfide) groups is 1. The van der Waals surface area contributed by atoms with E-state index in [2.05, 4.69) is 0 Å². The van der Waals surface area contributed by atoms with Crippen LogP contribution in [0.5, 0.6) is 0 Å². The summed E-state index contributed by atoms with van der Waals surface area (Å²) in [6.45, 7) is 3.33. The number of imide groups is 1. The first-order valence-corrected chi connectivity index (χ1v) is 7.70. The highest BCUT2D eigenvalue weighted by atomic mass is 32.2. The summed E-state index contributed by atoms with van der Waals surface area (Å²) in [7, 11) is 0. The Hall–Kier alpha value is -1.86. The summed E-state index contributed by atoms with van der Waals surface area (Å²) < 4.78 is -0.862. The highest BCUT2D eigenvalue weighted by molar-refractivity contribution is 8.02. The first-order chi connectivity index (χ1) is 10.2. The maximum Gasteiger partial charge on any atom is 0.321 e. The van der Waals surface area contributed by atoms with Crippen LogP contribution in [0.4, 0.5) is 5.69 Å². The Morgan fingerprint density at radius 2 is 1.95 bits per heavy atom. The van der Waals surface area contributed by atoms with E-state index in [0.717, 1.165) is 16.7 Å². The van der Waals surface area contributed by atoms with Crippen LogP contribution in [-0.2, 0) is 14.4 Å². The number of nitrogens with zero attached hydrogens (tertiary/aromatic N) is 1. The van der Waals surface area contributed by atoms with Gasteiger partial charge in [-0.2, -0.15) is 0 Å². The second-order valence-corrected chi connectivity index (χ2v) is 7.49. The van der Waals surface area contributed by atoms with Crippen molar-refractivity contribution in [1.29, 1.82) is 0 Å². The van der Waals surface area contributed by atoms with Crippen LogP contribution >= 0.6 is 11.8 Å². The Morgan fingerprint density at radius 3 is 2.50 bits per heavy atom. The van der Waals surface area contributed by atoms with Crippen molar-refractivity contribution in [2.24, 2.45) is 5.73 Å². The number of rotatable bonds is 5. The first-order valence-electron chi connectivity index (χ1n) is 6.82. The van der Waals surface area contributed by atoms with Gasteiger partial charge in [0.15, 0.2) is 0 Å². The molecule has 0 radical (unpaired) electrons. The number of amides is 2. The Bertz CT molecular complexity index is 603. The lowest BCUT2D eigenvalue weighted by molar-refractivity contribution is -0.139. The molecule has 22 heavy (non-hydrogen) atoms. The first kappa shape index (κ1) is 16.5. The van der Waals surface area contributed by atoms with E-state index in [1.165, 1.54) is 0 Å². The summed E-state index contributed by atoms with van der Waals surface area (Å²) in [5.74, 6) is -1.74. The van der Waals surface area contributed by atoms with Crippen LogP contribution in [0, 0.1) is 0 Å². The normalized spacial score (nSPS) is 20.3. The summed E-state index contributed by atoms with van der Waals surface area (Å²) in [5, 5.41) is 8.42. The lowest BCUT2D eigenvalue weighted by atomic mass is 10.1. The van der Waals surface area contributed by atoms with Gasteiger partial charge in [-0.1, -0.05) is 18.2 Å². The van der Waals surface area contributed by atoms with E-state index in [4.69, 9.17) is 10.8 Å². The van der Waals surface area contributed by atoms with Crippen molar-refractivity contribution in [2.75, 3.05) is 4.90 Å². The molecule has 0 bridgehead atoms. The minimum atomic E-state index is -1.13. The van der Waals surface area contributed by atoms with Gasteiger partial charge < -0.3 is 10.8 Å². The molecule has 6 nitrogen and oxygen atoms in total. The third-order valence-electron chi connectivity index (χ3n) is 3.58. The topological polar surface area (TPSA) is 101 Å². The second kappa shape index (κ2) is 6.10. The highest BCUT2D eigenvalue weighted by Crippen LogP contribution is 2.38. The van der Waals surface area contributed by atoms with Gasteiger partial charge in [-0.15, -0.1) is 11.8 Å². The van der Waals surface area contributed by atoms with Crippen LogP contribution in [0.15, 0.2) is 30.3 Å². The zero-order valence-corrected chi connectivity index (χ0v) is 13.2. The number of hydrogen-bond acceptors (Lipinski definition) is 5. The molecule has 2 rings (SSSR count). The second-order valence-electron chi connectivity index (χ2n) is 5.63. The van der Waals surface area contributed by atoms with Crippen LogP contribution in [0.3, 0.4) is 0 Å². The Labute approximate surface area is 132 Å². The standard InChI is InChI=1S/C15H18N2O4S/c1-15(2,12(16)14(20)21)22-10-8-11(18)17(13(10)19)9-6-4-3-5-7-9/h3-7,10,12H,8,16H2,1-2H3,(H,20,21)/t10-,12-/m1/s1. The molecule has 7 heteroatoms. The van der Waals surface area contributed by atoms with Crippen molar-refractivity contribution < 1.29 is 19.5 Å². The summed E-state index contributed by atoms with van der Waals surface area (Å²) in [6, 6.07) is 7.57. The van der Waals surface area contributed by atoms with Crippen molar-refractivity contribution >= 4 is 35.2 Å². The Morgan fingerprint density at radius 1 is 1.36 bits per heavy atom. The molecule has 1 aromatic carbocycles. The quantitative estimate of drug-likeness (QED) is 0.791. The lowest BCUT2D eigenvalue weighted by Crippen LogP contribution is -2.48. The van der Waals surface area contributed by atoms with Gasteiger partial charge in [-0.05, 0) is 26.0 Å². The number of para-hydroxylation sites is 1. The van der Waals surface area contributed by atoms with Crippen molar-refractivity contribution in [3.8, 4) is 0 Å². The molecule has 1 saturated heterocycles. The van der Waals surface area contributed by atoms with E-state index in [-0.39, 0.29) is 18.2 Å². The molecule has 1 aliphatic rings. The molecule has 0 saturated carbocycles. The predicted octanol–water partition coefficient (Wildman–Crippen LogP) is 1.24. The van der Waals surface area contributed by atoms with Crippen LogP contribution in [0.1, 0.15) is 20.3 Å². The molecule has 1 heterocycles. The molecule has 2 atom stereocenters. The van der Waals surface area contributed by atoms with E-state index in [1.54, 1.807) is 44.2 Å². The average molecular weight is 322 g/mol. The number of carboxylic acid groups (broad SMARTS) is 1. The third kappa shape index (κ3) is 3.15. The Balaban J connectivity index is 2.17.